The number of nitrogens with zero attached hydrogens (tertiary/aromatic N) is 2. The summed E-state index contributed by atoms with van der Waals surface area (Å²) >= 11 is 1.80. The Kier molecular flexibility index (Phi) is 5.95. The van der Waals surface area contributed by atoms with Gasteiger partial charge in [-0.25, -0.2) is 0 Å². The predicted octanol–water partition coefficient (Wildman–Crippen LogP) is 2.00. The van der Waals surface area contributed by atoms with Gasteiger partial charge in [-0.3, -0.25) is 14.0 Å². The maximum absolute atomic E-state index is 12.0. The van der Waals surface area contributed by atoms with Crippen molar-refractivity contribution in [3.05, 3.63) is 0 Å². The molecule has 0 aromatic heterocycles. The van der Waals surface area contributed by atoms with Gasteiger partial charge in [0.1, 0.15) is 5.54 Å². The lowest BCUT2D eigenvalue weighted by Gasteiger charge is -2.42. The first kappa shape index (κ1) is 15.8. The molecule has 0 aromatic carbocycles. The van der Waals surface area contributed by atoms with Crippen molar-refractivity contribution in [2.24, 2.45) is 0 Å². The Morgan fingerprint density at radius 3 is 2.44 bits per heavy atom. The summed E-state index contributed by atoms with van der Waals surface area (Å²) in [6, 6.07) is 0.466. The van der Waals surface area contributed by atoms with E-state index in [1.165, 1.54) is 0 Å². The lowest BCUT2D eigenvalue weighted by atomic mass is 9.96. The predicted molar refractivity (Wildman–Crippen MR) is 76.6 cm³/mol. The molecule has 1 aliphatic rings. The number of likely N-dealkylation sites (N-methyl/N-ethyl adjacent to an activating group) is 1. The van der Waals surface area contributed by atoms with E-state index in [0.717, 1.165) is 25.9 Å². The Balaban J connectivity index is 2.58. The second-order valence-corrected chi connectivity index (χ2v) is 6.11. The molecule has 106 valence electrons. The van der Waals surface area contributed by atoms with E-state index in [1.54, 1.807) is 11.9 Å². The summed E-state index contributed by atoms with van der Waals surface area (Å²) in [4.78, 5) is 14.2. The van der Waals surface area contributed by atoms with Gasteiger partial charge in [-0.1, -0.05) is 11.9 Å². The van der Waals surface area contributed by atoms with Gasteiger partial charge in [-0.15, -0.1) is 0 Å². The summed E-state index contributed by atoms with van der Waals surface area (Å²) in [6.45, 7) is 8.38. The largest absolute Gasteiger partial charge is 0.465 e. The van der Waals surface area contributed by atoms with Crippen molar-refractivity contribution in [2.45, 2.75) is 45.2 Å². The van der Waals surface area contributed by atoms with Gasteiger partial charge in [0.25, 0.3) is 0 Å². The van der Waals surface area contributed by atoms with Gasteiger partial charge < -0.3 is 4.74 Å². The highest BCUT2D eigenvalue weighted by Gasteiger charge is 2.38. The molecule has 0 unspecified atom stereocenters. The van der Waals surface area contributed by atoms with Crippen LogP contribution < -0.4 is 0 Å². The SMILES string of the molecule is CCOC(=O)C(C)(C)N(C)C1CCN(SC)CC1. The van der Waals surface area contributed by atoms with Gasteiger partial charge >= 0.3 is 5.97 Å². The van der Waals surface area contributed by atoms with Gasteiger partial charge in [-0.2, -0.15) is 0 Å². The Morgan fingerprint density at radius 1 is 1.44 bits per heavy atom. The van der Waals surface area contributed by atoms with Crippen molar-refractivity contribution in [1.29, 1.82) is 0 Å². The minimum Gasteiger partial charge on any atom is -0.465 e. The minimum atomic E-state index is -0.539. The average Bonchev–Trinajstić information content (AvgIpc) is 2.38. The van der Waals surface area contributed by atoms with E-state index in [-0.39, 0.29) is 5.97 Å². The number of rotatable bonds is 5. The van der Waals surface area contributed by atoms with Crippen LogP contribution in [0.5, 0.6) is 0 Å². The van der Waals surface area contributed by atoms with E-state index in [9.17, 15) is 4.79 Å². The molecule has 1 saturated heterocycles. The van der Waals surface area contributed by atoms with Crippen LogP contribution in [0, 0.1) is 0 Å². The van der Waals surface area contributed by atoms with Crippen LogP contribution in [0.15, 0.2) is 0 Å². The number of carbonyl (C=O) groups excluding carboxylic acids is 1. The Labute approximate surface area is 115 Å². The average molecular weight is 274 g/mol. The highest BCUT2D eigenvalue weighted by molar-refractivity contribution is 7.96. The summed E-state index contributed by atoms with van der Waals surface area (Å²) in [7, 11) is 2.04. The van der Waals surface area contributed by atoms with Gasteiger partial charge in [0.15, 0.2) is 0 Å². The fourth-order valence-corrected chi connectivity index (χ4v) is 2.90. The molecular formula is C13H26N2O2S. The third-order valence-corrected chi connectivity index (χ3v) is 4.77. The zero-order valence-electron chi connectivity index (χ0n) is 12.2. The van der Waals surface area contributed by atoms with E-state index < -0.39 is 5.54 Å². The number of hydrogen-bond acceptors (Lipinski definition) is 5. The summed E-state index contributed by atoms with van der Waals surface area (Å²) in [5.74, 6) is -0.125. The summed E-state index contributed by atoms with van der Waals surface area (Å²) < 4.78 is 7.54. The molecule has 0 aromatic rings. The molecular weight excluding hydrogens is 248 g/mol. The van der Waals surface area contributed by atoms with Crippen molar-refractivity contribution in [3.8, 4) is 0 Å². The summed E-state index contributed by atoms with van der Waals surface area (Å²) in [5, 5.41) is 0. The van der Waals surface area contributed by atoms with E-state index in [4.69, 9.17) is 4.74 Å². The molecule has 0 N–H and O–H groups in total. The van der Waals surface area contributed by atoms with Crippen molar-refractivity contribution in [2.75, 3.05) is 33.0 Å². The van der Waals surface area contributed by atoms with Crippen LogP contribution in [0.2, 0.25) is 0 Å². The molecule has 5 heteroatoms. The minimum absolute atomic E-state index is 0.125. The lowest BCUT2D eigenvalue weighted by Crippen LogP contribution is -2.55. The molecule has 1 rings (SSSR count). The van der Waals surface area contributed by atoms with Crippen LogP contribution in [0.1, 0.15) is 33.6 Å². The maximum atomic E-state index is 12.0. The van der Waals surface area contributed by atoms with Crippen molar-refractivity contribution < 1.29 is 9.53 Å². The molecule has 4 nitrogen and oxygen atoms in total. The Hall–Kier alpha value is -0.260. The maximum Gasteiger partial charge on any atom is 0.325 e. The summed E-state index contributed by atoms with van der Waals surface area (Å²) in [6.07, 6.45) is 4.34. The van der Waals surface area contributed by atoms with Crippen LogP contribution >= 0.6 is 11.9 Å². The molecule has 1 aliphatic heterocycles. The third kappa shape index (κ3) is 3.62. The monoisotopic (exact) mass is 274 g/mol. The van der Waals surface area contributed by atoms with Gasteiger partial charge in [0.05, 0.1) is 6.61 Å². The lowest BCUT2D eigenvalue weighted by molar-refractivity contribution is -0.156. The summed E-state index contributed by atoms with van der Waals surface area (Å²) in [5.41, 5.74) is -0.539. The van der Waals surface area contributed by atoms with Gasteiger partial charge in [0, 0.05) is 19.1 Å². The normalized spacial score (nSPS) is 19.2. The second-order valence-electron chi connectivity index (χ2n) is 5.23. The van der Waals surface area contributed by atoms with Crippen LogP contribution in [0.25, 0.3) is 0 Å². The highest BCUT2D eigenvalue weighted by Crippen LogP contribution is 2.25. The van der Waals surface area contributed by atoms with Crippen LogP contribution in [0.4, 0.5) is 0 Å². The molecule has 0 radical (unpaired) electrons. The first-order chi connectivity index (χ1) is 8.43. The standard InChI is InChI=1S/C13H26N2O2S/c1-6-17-12(16)13(2,3)14(4)11-7-9-15(18-5)10-8-11/h11H,6-10H2,1-5H3. The smallest absolute Gasteiger partial charge is 0.325 e. The van der Waals surface area contributed by atoms with E-state index >= 15 is 0 Å². The first-order valence-corrected chi connectivity index (χ1v) is 7.80. The number of esters is 1. The van der Waals surface area contributed by atoms with Crippen molar-refractivity contribution in [3.63, 3.8) is 0 Å². The number of piperidine rings is 1. The molecule has 0 spiro atoms. The van der Waals surface area contributed by atoms with Crippen LogP contribution in [-0.4, -0.2) is 59.8 Å². The second kappa shape index (κ2) is 6.78. The van der Waals surface area contributed by atoms with E-state index in [1.807, 2.05) is 27.8 Å². The highest BCUT2D eigenvalue weighted by atomic mass is 32.2. The topological polar surface area (TPSA) is 32.8 Å². The molecule has 1 heterocycles. The number of ether oxygens (including phenoxy) is 1. The van der Waals surface area contributed by atoms with E-state index in [0.29, 0.717) is 12.6 Å². The zero-order valence-corrected chi connectivity index (χ0v) is 13.0. The van der Waals surface area contributed by atoms with Crippen LogP contribution in [-0.2, 0) is 9.53 Å². The molecule has 0 saturated carbocycles. The van der Waals surface area contributed by atoms with Crippen molar-refractivity contribution >= 4 is 17.9 Å². The van der Waals surface area contributed by atoms with Gasteiger partial charge in [-0.05, 0) is 46.9 Å². The number of hydrogen-bond donors (Lipinski definition) is 0. The molecule has 1 fully saturated rings. The molecule has 18 heavy (non-hydrogen) atoms. The van der Waals surface area contributed by atoms with Crippen molar-refractivity contribution in [1.82, 2.24) is 9.21 Å². The third-order valence-electron chi connectivity index (χ3n) is 3.89. The number of carbonyl (C=O) groups is 1. The Morgan fingerprint density at radius 2 is 2.00 bits per heavy atom. The fourth-order valence-electron chi connectivity index (χ4n) is 2.32. The zero-order chi connectivity index (χ0) is 13.8. The molecule has 0 atom stereocenters. The quantitative estimate of drug-likeness (QED) is 0.566. The fraction of sp³-hybridized carbons (Fsp3) is 0.923. The molecule has 0 aliphatic carbocycles. The van der Waals surface area contributed by atoms with Gasteiger partial charge in [0.2, 0.25) is 0 Å². The van der Waals surface area contributed by atoms with Crippen LogP contribution in [0.3, 0.4) is 0 Å². The molecule has 0 bridgehead atoms. The van der Waals surface area contributed by atoms with E-state index in [2.05, 4.69) is 15.5 Å². The Bertz CT molecular complexity index is 276. The first-order valence-electron chi connectivity index (χ1n) is 6.62. The molecule has 0 amide bonds.